The van der Waals surface area contributed by atoms with Crippen molar-refractivity contribution in [1.82, 2.24) is 24.4 Å². The summed E-state index contributed by atoms with van der Waals surface area (Å²) < 4.78 is 53.3. The van der Waals surface area contributed by atoms with E-state index in [1.807, 2.05) is 0 Å². The average Bonchev–Trinajstić information content (AvgIpc) is 3.25. The topological polar surface area (TPSA) is 113 Å². The van der Waals surface area contributed by atoms with Crippen LogP contribution in [0.2, 0.25) is 0 Å². The van der Waals surface area contributed by atoms with Gasteiger partial charge in [-0.1, -0.05) is 6.08 Å². The number of nitrogens with one attached hydrogen (secondary N) is 2. The number of hydrogen-bond donors (Lipinski definition) is 2. The number of imidazole rings is 1. The molecule has 0 aliphatic heterocycles. The standard InChI is InChI=1S/C24H26F4N6O3/c1-33(2)20(36)9-5-3-4-8-19(35)30-17-7-6-12-34(23(17)37)14-18-31-21-15(25)13-29-16(22(21)32-18)10-11-24(26,27)28/h5-7,9,12-13H,3-4,8,10-11,14H2,1-2H3,(H,30,35)(H,31,32)/b9-5+. The van der Waals surface area contributed by atoms with Crippen molar-refractivity contribution in [3.05, 3.63) is 64.4 Å². The largest absolute Gasteiger partial charge is 0.389 e. The second-order valence-electron chi connectivity index (χ2n) is 8.51. The summed E-state index contributed by atoms with van der Waals surface area (Å²) >= 11 is 0. The Morgan fingerprint density at radius 2 is 2.03 bits per heavy atom. The van der Waals surface area contributed by atoms with Crippen LogP contribution in [0.3, 0.4) is 0 Å². The van der Waals surface area contributed by atoms with Crippen LogP contribution < -0.4 is 10.9 Å². The molecule has 0 aliphatic rings. The third-order valence-electron chi connectivity index (χ3n) is 5.34. The Kier molecular flexibility index (Phi) is 8.79. The molecule has 3 aromatic rings. The van der Waals surface area contributed by atoms with Crippen LogP contribution in [-0.4, -0.2) is 56.5 Å². The number of rotatable bonds is 10. The van der Waals surface area contributed by atoms with Crippen LogP contribution in [0.5, 0.6) is 0 Å². The van der Waals surface area contributed by atoms with E-state index in [9.17, 15) is 31.9 Å². The fraction of sp³-hybridized carbons (Fsp3) is 0.375. The van der Waals surface area contributed by atoms with Crippen LogP contribution >= 0.6 is 0 Å². The summed E-state index contributed by atoms with van der Waals surface area (Å²) in [4.78, 5) is 48.6. The maximum absolute atomic E-state index is 14.2. The number of amides is 2. The Balaban J connectivity index is 1.67. The highest BCUT2D eigenvalue weighted by Crippen LogP contribution is 2.25. The van der Waals surface area contributed by atoms with E-state index in [2.05, 4.69) is 20.3 Å². The first kappa shape index (κ1) is 27.6. The predicted molar refractivity (Wildman–Crippen MR) is 128 cm³/mol. The monoisotopic (exact) mass is 522 g/mol. The van der Waals surface area contributed by atoms with Crippen LogP contribution in [0, 0.1) is 5.82 Å². The van der Waals surface area contributed by atoms with Gasteiger partial charge in [0, 0.05) is 39.6 Å². The number of anilines is 1. The zero-order chi connectivity index (χ0) is 27.2. The number of aromatic amines is 1. The Morgan fingerprint density at radius 1 is 1.27 bits per heavy atom. The highest BCUT2D eigenvalue weighted by atomic mass is 19.4. The molecule has 198 valence electrons. The second-order valence-corrected chi connectivity index (χ2v) is 8.51. The van der Waals surface area contributed by atoms with Gasteiger partial charge in [-0.25, -0.2) is 9.37 Å². The van der Waals surface area contributed by atoms with E-state index >= 15 is 0 Å². The Labute approximate surface area is 209 Å². The van der Waals surface area contributed by atoms with Crippen LogP contribution in [0.1, 0.15) is 37.2 Å². The highest BCUT2D eigenvalue weighted by Gasteiger charge is 2.27. The maximum Gasteiger partial charge on any atom is 0.389 e. The molecule has 0 aromatic carbocycles. The van der Waals surface area contributed by atoms with Gasteiger partial charge in [0.1, 0.15) is 17.0 Å². The molecule has 0 saturated heterocycles. The van der Waals surface area contributed by atoms with Crippen LogP contribution in [0.15, 0.2) is 41.5 Å². The van der Waals surface area contributed by atoms with Gasteiger partial charge in [-0.3, -0.25) is 19.4 Å². The number of unbranched alkanes of at least 4 members (excludes halogenated alkanes) is 1. The molecule has 0 aliphatic carbocycles. The van der Waals surface area contributed by atoms with E-state index in [1.54, 1.807) is 20.2 Å². The minimum Gasteiger partial charge on any atom is -0.345 e. The van der Waals surface area contributed by atoms with Crippen molar-refractivity contribution in [2.45, 2.75) is 44.8 Å². The second kappa shape index (κ2) is 11.8. The molecule has 0 saturated carbocycles. The SMILES string of the molecule is CN(C)C(=O)/C=C/CCCC(=O)Nc1cccn(Cc2nc3c(F)cnc(CCC(F)(F)F)c3[nH]2)c1=O. The summed E-state index contributed by atoms with van der Waals surface area (Å²) in [5.41, 5.74) is -0.620. The van der Waals surface area contributed by atoms with Gasteiger partial charge in [-0.15, -0.1) is 0 Å². The summed E-state index contributed by atoms with van der Waals surface area (Å²) in [6, 6.07) is 2.97. The third-order valence-corrected chi connectivity index (χ3v) is 5.34. The number of aromatic nitrogens is 4. The molecule has 3 aromatic heterocycles. The van der Waals surface area contributed by atoms with E-state index in [4.69, 9.17) is 0 Å². The molecule has 3 rings (SSSR count). The molecule has 0 fully saturated rings. The van der Waals surface area contributed by atoms with Gasteiger partial charge in [-0.2, -0.15) is 13.2 Å². The molecule has 3 heterocycles. The molecule has 0 unspecified atom stereocenters. The predicted octanol–water partition coefficient (Wildman–Crippen LogP) is 3.56. The third kappa shape index (κ3) is 7.72. The van der Waals surface area contributed by atoms with E-state index in [0.29, 0.717) is 12.8 Å². The number of hydrogen-bond acceptors (Lipinski definition) is 5. The van der Waals surface area contributed by atoms with Gasteiger partial charge in [0.15, 0.2) is 5.82 Å². The van der Waals surface area contributed by atoms with Crippen molar-refractivity contribution in [3.8, 4) is 0 Å². The van der Waals surface area contributed by atoms with E-state index in [1.165, 1.54) is 33.9 Å². The van der Waals surface area contributed by atoms with Crippen LogP contribution in [-0.2, 0) is 22.6 Å². The smallest absolute Gasteiger partial charge is 0.345 e. The summed E-state index contributed by atoms with van der Waals surface area (Å²) in [5, 5.41) is 2.55. The number of H-pyrrole nitrogens is 1. The molecule has 9 nitrogen and oxygen atoms in total. The lowest BCUT2D eigenvalue weighted by Gasteiger charge is -2.08. The highest BCUT2D eigenvalue weighted by molar-refractivity contribution is 5.90. The molecule has 2 N–H and O–H groups in total. The molecular formula is C24H26F4N6O3. The Bertz CT molecular complexity index is 1360. The lowest BCUT2D eigenvalue weighted by molar-refractivity contribution is -0.134. The minimum atomic E-state index is -4.40. The molecule has 0 atom stereocenters. The number of carbonyl (C=O) groups is 2. The van der Waals surface area contributed by atoms with E-state index in [0.717, 1.165) is 6.20 Å². The average molecular weight is 523 g/mol. The number of halogens is 4. The van der Waals surface area contributed by atoms with Gasteiger partial charge >= 0.3 is 6.18 Å². The Morgan fingerprint density at radius 3 is 2.73 bits per heavy atom. The number of carbonyl (C=O) groups excluding carboxylic acids is 2. The van der Waals surface area contributed by atoms with Gasteiger partial charge in [-0.05, 0) is 31.1 Å². The minimum absolute atomic E-state index is 0.0155. The number of likely N-dealkylation sites (N-methyl/N-ethyl adjacent to an activating group) is 1. The fourth-order valence-electron chi connectivity index (χ4n) is 3.43. The first-order valence-corrected chi connectivity index (χ1v) is 11.4. The van der Waals surface area contributed by atoms with Crippen molar-refractivity contribution in [2.24, 2.45) is 0 Å². The fourth-order valence-corrected chi connectivity index (χ4v) is 3.43. The van der Waals surface area contributed by atoms with Crippen LogP contribution in [0.25, 0.3) is 11.0 Å². The van der Waals surface area contributed by atoms with E-state index < -0.39 is 30.4 Å². The van der Waals surface area contributed by atoms with Gasteiger partial charge in [0.05, 0.1) is 24.0 Å². The molecule has 13 heteroatoms. The van der Waals surface area contributed by atoms with Gasteiger partial charge in [0.25, 0.3) is 5.56 Å². The van der Waals surface area contributed by atoms with Crippen molar-refractivity contribution < 1.29 is 27.2 Å². The Hall–Kier alpha value is -4.03. The summed E-state index contributed by atoms with van der Waals surface area (Å²) in [6.07, 6.45) is 0.489. The summed E-state index contributed by atoms with van der Waals surface area (Å²) in [7, 11) is 3.26. The van der Waals surface area contributed by atoms with Crippen molar-refractivity contribution >= 4 is 28.5 Å². The quantitative estimate of drug-likeness (QED) is 0.240. The molecule has 0 spiro atoms. The maximum atomic E-state index is 14.2. The molecular weight excluding hydrogens is 496 g/mol. The number of nitrogens with zero attached hydrogens (tertiary/aromatic N) is 4. The first-order valence-electron chi connectivity index (χ1n) is 11.4. The zero-order valence-corrected chi connectivity index (χ0v) is 20.2. The number of aryl methyl sites for hydroxylation is 1. The van der Waals surface area contributed by atoms with Crippen molar-refractivity contribution in [3.63, 3.8) is 0 Å². The van der Waals surface area contributed by atoms with Gasteiger partial charge in [0.2, 0.25) is 11.8 Å². The molecule has 0 radical (unpaired) electrons. The number of pyridine rings is 2. The summed E-state index contributed by atoms with van der Waals surface area (Å²) in [6.45, 7) is -0.139. The lowest BCUT2D eigenvalue weighted by atomic mass is 10.2. The molecule has 2 amide bonds. The van der Waals surface area contributed by atoms with Crippen molar-refractivity contribution in [1.29, 1.82) is 0 Å². The lowest BCUT2D eigenvalue weighted by Crippen LogP contribution is -2.26. The van der Waals surface area contributed by atoms with Crippen molar-refractivity contribution in [2.75, 3.05) is 19.4 Å². The van der Waals surface area contributed by atoms with Gasteiger partial charge < -0.3 is 19.8 Å². The zero-order valence-electron chi connectivity index (χ0n) is 20.2. The first-order chi connectivity index (χ1) is 17.4. The summed E-state index contributed by atoms with van der Waals surface area (Å²) in [5.74, 6) is -1.20. The number of allylic oxidation sites excluding steroid dienone is 1. The normalized spacial score (nSPS) is 11.8. The molecule has 37 heavy (non-hydrogen) atoms. The van der Waals surface area contributed by atoms with Crippen LogP contribution in [0.4, 0.5) is 23.2 Å². The molecule has 0 bridgehead atoms. The number of alkyl halides is 3. The van der Waals surface area contributed by atoms with E-state index in [-0.39, 0.29) is 53.0 Å². The number of fused-ring (bicyclic) bond motifs is 1.